The van der Waals surface area contributed by atoms with E-state index >= 15 is 0 Å². The Hall–Kier alpha value is -2.48. The third-order valence-electron chi connectivity index (χ3n) is 4.86. The molecule has 3 heterocycles. The van der Waals surface area contributed by atoms with Crippen molar-refractivity contribution in [2.75, 3.05) is 25.0 Å². The number of aromatic nitrogens is 4. The Balaban J connectivity index is 1.81. The summed E-state index contributed by atoms with van der Waals surface area (Å²) in [6.07, 6.45) is 4.67. The normalized spacial score (nSPS) is 17.0. The minimum Gasteiger partial charge on any atom is -0.355 e. The van der Waals surface area contributed by atoms with Crippen LogP contribution in [0, 0.1) is 13.8 Å². The molecule has 1 aliphatic rings. The van der Waals surface area contributed by atoms with Crippen molar-refractivity contribution in [3.8, 4) is 0 Å². The Kier molecular flexibility index (Phi) is 5.22. The summed E-state index contributed by atoms with van der Waals surface area (Å²) in [5.74, 6) is 0.858. The Morgan fingerprint density at radius 2 is 2.15 bits per heavy atom. The Morgan fingerprint density at radius 1 is 1.38 bits per heavy atom. The number of nitrogens with two attached hydrogens (primary N) is 1. The number of amides is 1. The van der Waals surface area contributed by atoms with Gasteiger partial charge in [-0.1, -0.05) is 0 Å². The van der Waals surface area contributed by atoms with E-state index in [1.807, 2.05) is 31.6 Å². The SMILES string of the molecule is CCn1cc(CN(C)C(=O)c2nc(C)c(C)c(N3CC[C@@H](N)C3)n2)cn1. The third kappa shape index (κ3) is 3.70. The van der Waals surface area contributed by atoms with Crippen molar-refractivity contribution in [2.45, 2.75) is 46.3 Å². The predicted octanol–water partition coefficient (Wildman–Crippen LogP) is 1.12. The van der Waals surface area contributed by atoms with Crippen LogP contribution >= 0.6 is 0 Å². The minimum atomic E-state index is -0.193. The molecular formula is C18H27N7O. The van der Waals surface area contributed by atoms with E-state index in [4.69, 9.17) is 5.73 Å². The molecule has 140 valence electrons. The van der Waals surface area contributed by atoms with E-state index in [-0.39, 0.29) is 17.8 Å². The van der Waals surface area contributed by atoms with Gasteiger partial charge >= 0.3 is 0 Å². The summed E-state index contributed by atoms with van der Waals surface area (Å²) in [5, 5.41) is 4.25. The number of carbonyl (C=O) groups is 1. The second kappa shape index (κ2) is 7.41. The van der Waals surface area contributed by atoms with E-state index in [1.165, 1.54) is 0 Å². The van der Waals surface area contributed by atoms with Crippen LogP contribution in [-0.4, -0.2) is 56.7 Å². The van der Waals surface area contributed by atoms with E-state index in [1.54, 1.807) is 18.1 Å². The molecule has 0 aliphatic carbocycles. The first-order chi connectivity index (χ1) is 12.4. The number of rotatable bonds is 5. The van der Waals surface area contributed by atoms with Gasteiger partial charge in [0.15, 0.2) is 0 Å². The van der Waals surface area contributed by atoms with Gasteiger partial charge in [0.05, 0.1) is 6.20 Å². The summed E-state index contributed by atoms with van der Waals surface area (Å²) >= 11 is 0. The molecule has 1 saturated heterocycles. The highest BCUT2D eigenvalue weighted by Crippen LogP contribution is 2.23. The molecule has 0 aromatic carbocycles. The van der Waals surface area contributed by atoms with Crippen LogP contribution < -0.4 is 10.6 Å². The second-order valence-corrected chi connectivity index (χ2v) is 6.94. The summed E-state index contributed by atoms with van der Waals surface area (Å²) < 4.78 is 1.84. The van der Waals surface area contributed by atoms with Gasteiger partial charge in [-0.05, 0) is 27.2 Å². The van der Waals surface area contributed by atoms with Gasteiger partial charge in [-0.15, -0.1) is 0 Å². The summed E-state index contributed by atoms with van der Waals surface area (Å²) in [4.78, 5) is 25.6. The molecule has 26 heavy (non-hydrogen) atoms. The topological polar surface area (TPSA) is 93.2 Å². The zero-order valence-corrected chi connectivity index (χ0v) is 15.9. The molecule has 2 aromatic rings. The second-order valence-electron chi connectivity index (χ2n) is 6.94. The fraction of sp³-hybridized carbons (Fsp3) is 0.556. The van der Waals surface area contributed by atoms with Gasteiger partial charge in [-0.25, -0.2) is 9.97 Å². The smallest absolute Gasteiger partial charge is 0.291 e. The fourth-order valence-corrected chi connectivity index (χ4v) is 3.17. The first-order valence-electron chi connectivity index (χ1n) is 9.01. The molecular weight excluding hydrogens is 330 g/mol. The highest BCUT2D eigenvalue weighted by atomic mass is 16.2. The van der Waals surface area contributed by atoms with E-state index in [0.717, 1.165) is 48.7 Å². The van der Waals surface area contributed by atoms with Crippen molar-refractivity contribution in [1.82, 2.24) is 24.6 Å². The van der Waals surface area contributed by atoms with Crippen LogP contribution in [0.1, 0.15) is 40.8 Å². The average Bonchev–Trinajstić information content (AvgIpc) is 3.25. The maximum Gasteiger partial charge on any atom is 0.291 e. The van der Waals surface area contributed by atoms with Gasteiger partial charge in [0, 0.05) is 62.3 Å². The molecule has 3 rings (SSSR count). The molecule has 0 radical (unpaired) electrons. The number of anilines is 1. The van der Waals surface area contributed by atoms with Crippen molar-refractivity contribution < 1.29 is 4.79 Å². The van der Waals surface area contributed by atoms with Crippen LogP contribution in [0.15, 0.2) is 12.4 Å². The van der Waals surface area contributed by atoms with Crippen molar-refractivity contribution in [2.24, 2.45) is 5.73 Å². The first kappa shape index (κ1) is 18.3. The van der Waals surface area contributed by atoms with E-state index in [0.29, 0.717) is 6.54 Å². The lowest BCUT2D eigenvalue weighted by Gasteiger charge is -2.22. The zero-order chi connectivity index (χ0) is 18.8. The summed E-state index contributed by atoms with van der Waals surface area (Å²) in [6, 6.07) is 0.154. The number of aryl methyl sites for hydroxylation is 2. The molecule has 0 bridgehead atoms. The van der Waals surface area contributed by atoms with Crippen molar-refractivity contribution >= 4 is 11.7 Å². The van der Waals surface area contributed by atoms with E-state index < -0.39 is 0 Å². The third-order valence-corrected chi connectivity index (χ3v) is 4.86. The first-order valence-corrected chi connectivity index (χ1v) is 9.01. The molecule has 0 saturated carbocycles. The lowest BCUT2D eigenvalue weighted by Crippen LogP contribution is -2.31. The fourth-order valence-electron chi connectivity index (χ4n) is 3.17. The standard InChI is InChI=1S/C18H27N7O/c1-5-25-10-14(8-20-25)9-23(4)18(26)16-21-13(3)12(2)17(22-16)24-7-6-15(19)11-24/h8,10,15H,5-7,9,11,19H2,1-4H3/t15-/m1/s1. The number of carbonyl (C=O) groups excluding carboxylic acids is 1. The van der Waals surface area contributed by atoms with Crippen LogP contribution in [0.3, 0.4) is 0 Å². The molecule has 1 amide bonds. The monoisotopic (exact) mass is 357 g/mol. The maximum atomic E-state index is 12.9. The largest absolute Gasteiger partial charge is 0.355 e. The van der Waals surface area contributed by atoms with Gasteiger partial charge < -0.3 is 15.5 Å². The number of hydrogen-bond donors (Lipinski definition) is 1. The summed E-state index contributed by atoms with van der Waals surface area (Å²) in [7, 11) is 1.76. The lowest BCUT2D eigenvalue weighted by molar-refractivity contribution is 0.0772. The summed E-state index contributed by atoms with van der Waals surface area (Å²) in [6.45, 7) is 8.83. The Morgan fingerprint density at radius 3 is 2.77 bits per heavy atom. The Labute approximate surface area is 154 Å². The molecule has 8 heteroatoms. The highest BCUT2D eigenvalue weighted by Gasteiger charge is 2.25. The van der Waals surface area contributed by atoms with Crippen molar-refractivity contribution in [1.29, 1.82) is 0 Å². The molecule has 8 nitrogen and oxygen atoms in total. The van der Waals surface area contributed by atoms with E-state index in [2.05, 4.69) is 20.0 Å². The van der Waals surface area contributed by atoms with Gasteiger partial charge in [-0.2, -0.15) is 5.10 Å². The average molecular weight is 357 g/mol. The quantitative estimate of drug-likeness (QED) is 0.862. The lowest BCUT2D eigenvalue weighted by atomic mass is 10.2. The predicted molar refractivity (Wildman–Crippen MR) is 100 cm³/mol. The van der Waals surface area contributed by atoms with E-state index in [9.17, 15) is 4.79 Å². The Bertz CT molecular complexity index is 801. The van der Waals surface area contributed by atoms with Crippen molar-refractivity contribution in [3.05, 3.63) is 35.0 Å². The van der Waals surface area contributed by atoms with Gasteiger partial charge in [-0.3, -0.25) is 9.48 Å². The van der Waals surface area contributed by atoms with Gasteiger partial charge in [0.2, 0.25) is 5.82 Å². The van der Waals surface area contributed by atoms with Gasteiger partial charge in [0.1, 0.15) is 5.82 Å². The van der Waals surface area contributed by atoms with Crippen LogP contribution in [-0.2, 0) is 13.1 Å². The molecule has 1 fully saturated rings. The van der Waals surface area contributed by atoms with Crippen LogP contribution in [0.2, 0.25) is 0 Å². The maximum absolute atomic E-state index is 12.9. The number of nitrogens with zero attached hydrogens (tertiary/aromatic N) is 6. The van der Waals surface area contributed by atoms with Crippen molar-refractivity contribution in [3.63, 3.8) is 0 Å². The molecule has 1 atom stereocenters. The molecule has 1 aliphatic heterocycles. The number of hydrogen-bond acceptors (Lipinski definition) is 6. The summed E-state index contributed by atoms with van der Waals surface area (Å²) in [5.41, 5.74) is 8.84. The zero-order valence-electron chi connectivity index (χ0n) is 15.9. The van der Waals surface area contributed by atoms with Crippen LogP contribution in [0.4, 0.5) is 5.82 Å². The highest BCUT2D eigenvalue weighted by molar-refractivity contribution is 5.90. The van der Waals surface area contributed by atoms with Gasteiger partial charge in [0.25, 0.3) is 5.91 Å². The molecule has 2 N–H and O–H groups in total. The molecule has 0 unspecified atom stereocenters. The minimum absolute atomic E-state index is 0.154. The van der Waals surface area contributed by atoms with Crippen LogP contribution in [0.25, 0.3) is 0 Å². The van der Waals surface area contributed by atoms with Crippen LogP contribution in [0.5, 0.6) is 0 Å². The molecule has 0 spiro atoms. The molecule has 2 aromatic heterocycles.